The lowest BCUT2D eigenvalue weighted by Crippen LogP contribution is -2.56. The van der Waals surface area contributed by atoms with E-state index in [0.717, 1.165) is 10.4 Å². The Morgan fingerprint density at radius 3 is 2.59 bits per heavy atom. The summed E-state index contributed by atoms with van der Waals surface area (Å²) in [6, 6.07) is 6.14. The van der Waals surface area contributed by atoms with Crippen LogP contribution in [0.25, 0.3) is 10.6 Å². The fraction of sp³-hybridized carbons (Fsp3) is 0.360. The highest BCUT2D eigenvalue weighted by atomic mass is 32.1. The first-order chi connectivity index (χ1) is 16.2. The van der Waals surface area contributed by atoms with Gasteiger partial charge >= 0.3 is 0 Å². The van der Waals surface area contributed by atoms with Gasteiger partial charge in [0.25, 0.3) is 5.91 Å². The summed E-state index contributed by atoms with van der Waals surface area (Å²) in [5.74, 6) is -1.55. The first-order valence-electron chi connectivity index (χ1n) is 11.2. The number of pyridine rings is 1. The van der Waals surface area contributed by atoms with Gasteiger partial charge in [0, 0.05) is 36.7 Å². The van der Waals surface area contributed by atoms with Gasteiger partial charge in [0.15, 0.2) is 17.2 Å². The Morgan fingerprint density at radius 1 is 1.24 bits per heavy atom. The van der Waals surface area contributed by atoms with Crippen molar-refractivity contribution >= 4 is 23.0 Å². The Bertz CT molecular complexity index is 1310. The maximum Gasteiger partial charge on any atom is 0.274 e. The first kappa shape index (κ1) is 23.8. The summed E-state index contributed by atoms with van der Waals surface area (Å²) in [4.78, 5) is 46.0. The molecule has 1 N–H and O–H groups in total. The van der Waals surface area contributed by atoms with Gasteiger partial charge in [0.1, 0.15) is 16.4 Å². The van der Waals surface area contributed by atoms with Gasteiger partial charge in [-0.1, -0.05) is 19.1 Å². The van der Waals surface area contributed by atoms with E-state index in [4.69, 9.17) is 0 Å². The van der Waals surface area contributed by atoms with E-state index in [9.17, 15) is 23.9 Å². The third kappa shape index (κ3) is 4.04. The minimum absolute atomic E-state index is 0.0765. The first-order valence-corrected chi connectivity index (χ1v) is 12.0. The molecule has 0 aliphatic carbocycles. The molecule has 3 heterocycles. The highest BCUT2D eigenvalue weighted by Gasteiger charge is 2.45. The topological polar surface area (TPSA) is 92.5 Å². The van der Waals surface area contributed by atoms with Gasteiger partial charge in [0.2, 0.25) is 5.43 Å². The summed E-state index contributed by atoms with van der Waals surface area (Å²) < 4.78 is 14.7. The van der Waals surface area contributed by atoms with Crippen molar-refractivity contribution in [3.8, 4) is 16.3 Å². The molecular formula is C25H26FN3O4S. The highest BCUT2D eigenvalue weighted by molar-refractivity contribution is 7.15. The van der Waals surface area contributed by atoms with E-state index in [1.807, 2.05) is 6.92 Å². The molecule has 1 amide bonds. The fourth-order valence-corrected chi connectivity index (χ4v) is 5.26. The van der Waals surface area contributed by atoms with Gasteiger partial charge in [-0.25, -0.2) is 9.37 Å². The van der Waals surface area contributed by atoms with Gasteiger partial charge < -0.3 is 14.6 Å². The number of benzene rings is 1. The van der Waals surface area contributed by atoms with Crippen molar-refractivity contribution in [1.29, 1.82) is 0 Å². The smallest absolute Gasteiger partial charge is 0.274 e. The number of thiazole rings is 1. The van der Waals surface area contributed by atoms with Crippen molar-refractivity contribution in [2.45, 2.75) is 45.6 Å². The molecule has 3 aromatic rings. The van der Waals surface area contributed by atoms with Gasteiger partial charge in [-0.05, 0) is 38.0 Å². The van der Waals surface area contributed by atoms with E-state index in [1.165, 1.54) is 39.1 Å². The number of likely N-dealkylation sites (N-methyl/N-ethyl adjacent to an activating group) is 1. The van der Waals surface area contributed by atoms with Gasteiger partial charge in [-0.2, -0.15) is 0 Å². The lowest BCUT2D eigenvalue weighted by atomic mass is 9.88. The molecule has 0 fully saturated rings. The van der Waals surface area contributed by atoms with E-state index >= 15 is 0 Å². The normalized spacial score (nSPS) is 17.6. The molecule has 1 aliphatic heterocycles. The molecule has 0 saturated carbocycles. The molecule has 1 aliphatic rings. The molecule has 2 aromatic heterocycles. The number of carbonyl (C=O) groups is 2. The van der Waals surface area contributed by atoms with Gasteiger partial charge in [0.05, 0.1) is 12.1 Å². The number of amides is 1. The monoisotopic (exact) mass is 483 g/mol. The Hall–Kier alpha value is -3.33. The molecule has 0 spiro atoms. The average Bonchev–Trinajstić information content (AvgIpc) is 3.27. The zero-order valence-electron chi connectivity index (χ0n) is 19.3. The van der Waals surface area contributed by atoms with Crippen LogP contribution in [0.3, 0.4) is 0 Å². The van der Waals surface area contributed by atoms with Crippen LogP contribution in [-0.2, 0) is 16.8 Å². The number of hydrogen-bond acceptors (Lipinski definition) is 6. The standard InChI is InChI=1S/C25H26FN3O4S/c1-4-6-19(30)25(3)14-28(5-2)24(33)20-22(32)21(31)18(13-29(20)25)23-27-12-17(34-23)11-15-7-9-16(26)10-8-15/h7-10,12-13,32H,4-6,11,14H2,1-3H3/t25-/m0/s1. The average molecular weight is 484 g/mol. The van der Waals surface area contributed by atoms with E-state index in [0.29, 0.717) is 30.8 Å². The van der Waals surface area contributed by atoms with Crippen molar-refractivity contribution < 1.29 is 19.1 Å². The van der Waals surface area contributed by atoms with Crippen molar-refractivity contribution in [3.63, 3.8) is 0 Å². The largest absolute Gasteiger partial charge is 0.503 e. The maximum atomic E-state index is 13.2. The summed E-state index contributed by atoms with van der Waals surface area (Å²) >= 11 is 1.27. The number of Topliss-reactive ketones (excluding diaryl/α,β-unsaturated/α-hetero) is 1. The van der Waals surface area contributed by atoms with Crippen molar-refractivity contribution in [2.24, 2.45) is 0 Å². The summed E-state index contributed by atoms with van der Waals surface area (Å²) in [5, 5.41) is 11.2. The third-order valence-corrected chi connectivity index (χ3v) is 7.27. The predicted molar refractivity (Wildman–Crippen MR) is 128 cm³/mol. The molecule has 4 rings (SSSR count). The summed E-state index contributed by atoms with van der Waals surface area (Å²) in [5.41, 5.74) is -0.972. The molecule has 7 nitrogen and oxygen atoms in total. The number of nitrogens with zero attached hydrogens (tertiary/aromatic N) is 3. The van der Waals surface area contributed by atoms with Gasteiger partial charge in [-0.15, -0.1) is 11.3 Å². The van der Waals surface area contributed by atoms with Crippen LogP contribution in [0.5, 0.6) is 5.75 Å². The van der Waals surface area contributed by atoms with Crippen molar-refractivity contribution in [2.75, 3.05) is 13.1 Å². The minimum atomic E-state index is -1.12. The molecule has 9 heteroatoms. The fourth-order valence-electron chi connectivity index (χ4n) is 4.31. The van der Waals surface area contributed by atoms with Crippen LogP contribution in [0.1, 0.15) is 54.5 Å². The van der Waals surface area contributed by atoms with Gasteiger partial charge in [-0.3, -0.25) is 14.4 Å². The molecule has 0 saturated heterocycles. The minimum Gasteiger partial charge on any atom is -0.503 e. The van der Waals surface area contributed by atoms with Crippen molar-refractivity contribution in [1.82, 2.24) is 14.5 Å². The molecule has 0 radical (unpaired) electrons. The van der Waals surface area contributed by atoms with Crippen LogP contribution in [0.15, 0.2) is 41.5 Å². The SMILES string of the molecule is CCCC(=O)[C@]1(C)CN(CC)C(=O)c2c(O)c(=O)c(-c3ncc(Cc4ccc(F)cc4)s3)cn21. The maximum absolute atomic E-state index is 13.2. The van der Waals surface area contributed by atoms with Crippen LogP contribution < -0.4 is 5.43 Å². The summed E-state index contributed by atoms with van der Waals surface area (Å²) in [6.45, 7) is 5.94. The highest BCUT2D eigenvalue weighted by Crippen LogP contribution is 2.35. The van der Waals surface area contributed by atoms with Crippen LogP contribution in [0, 0.1) is 5.82 Å². The number of hydrogen-bond donors (Lipinski definition) is 1. The second-order valence-corrected chi connectivity index (χ2v) is 9.76. The van der Waals surface area contributed by atoms with Crippen LogP contribution in [0.2, 0.25) is 0 Å². The second-order valence-electron chi connectivity index (χ2n) is 8.64. The number of fused-ring (bicyclic) bond motifs is 1. The molecule has 0 bridgehead atoms. The quantitative estimate of drug-likeness (QED) is 0.549. The van der Waals surface area contributed by atoms with Crippen LogP contribution in [-0.4, -0.2) is 44.3 Å². The lowest BCUT2D eigenvalue weighted by molar-refractivity contribution is -0.128. The molecular weight excluding hydrogens is 457 g/mol. The zero-order valence-corrected chi connectivity index (χ0v) is 20.1. The predicted octanol–water partition coefficient (Wildman–Crippen LogP) is 3.97. The number of aromatic nitrogens is 2. The number of ketones is 1. The lowest BCUT2D eigenvalue weighted by Gasteiger charge is -2.42. The summed E-state index contributed by atoms with van der Waals surface area (Å²) in [6.07, 6.45) is 4.57. The Morgan fingerprint density at radius 2 is 1.94 bits per heavy atom. The van der Waals surface area contributed by atoms with Crippen LogP contribution >= 0.6 is 11.3 Å². The molecule has 178 valence electrons. The summed E-state index contributed by atoms with van der Waals surface area (Å²) in [7, 11) is 0. The number of rotatable bonds is 7. The second kappa shape index (κ2) is 9.13. The third-order valence-electron chi connectivity index (χ3n) is 6.24. The number of carbonyl (C=O) groups excluding carboxylic acids is 2. The molecule has 1 atom stereocenters. The van der Waals surface area contributed by atoms with E-state index in [2.05, 4.69) is 4.98 Å². The van der Waals surface area contributed by atoms with E-state index in [1.54, 1.807) is 32.2 Å². The van der Waals surface area contributed by atoms with E-state index < -0.39 is 22.6 Å². The molecule has 1 aromatic carbocycles. The molecule has 34 heavy (non-hydrogen) atoms. The number of aromatic hydroxyl groups is 1. The molecule has 0 unspecified atom stereocenters. The van der Waals surface area contributed by atoms with E-state index in [-0.39, 0.29) is 29.4 Å². The van der Waals surface area contributed by atoms with Crippen molar-refractivity contribution in [3.05, 3.63) is 68.8 Å². The van der Waals surface area contributed by atoms with Crippen LogP contribution in [0.4, 0.5) is 4.39 Å². The zero-order chi connectivity index (χ0) is 24.6. The Kier molecular flexibility index (Phi) is 6.40. The number of halogens is 1. The Labute approximate surface area is 200 Å². The Balaban J connectivity index is 1.81.